The summed E-state index contributed by atoms with van der Waals surface area (Å²) in [6.45, 7) is 4.38. The maximum Gasteiger partial charge on any atom is 0.396 e. The normalized spacial score (nSPS) is 18.2. The van der Waals surface area contributed by atoms with Gasteiger partial charge in [-0.3, -0.25) is 4.79 Å². The number of rotatable bonds is 1. The minimum absolute atomic E-state index is 0.383. The molecule has 1 unspecified atom stereocenters. The second-order valence-electron chi connectivity index (χ2n) is 3.52. The highest BCUT2D eigenvalue weighted by Crippen LogP contribution is 2.18. The first-order valence-corrected chi connectivity index (χ1v) is 6.08. The Hall–Kier alpha value is -1.59. The lowest BCUT2D eigenvalue weighted by Crippen LogP contribution is -2.51. The first-order chi connectivity index (χ1) is 8.61. The van der Waals surface area contributed by atoms with Crippen LogP contribution in [0.2, 0.25) is 0 Å². The Labute approximate surface area is 107 Å². The smallest absolute Gasteiger partial charge is 0.396 e. The molecular formula is C12H21NO5. The van der Waals surface area contributed by atoms with E-state index in [1.165, 1.54) is 12.0 Å². The van der Waals surface area contributed by atoms with Crippen molar-refractivity contribution in [1.29, 1.82) is 0 Å². The van der Waals surface area contributed by atoms with Crippen molar-refractivity contribution in [3.63, 3.8) is 0 Å². The van der Waals surface area contributed by atoms with Gasteiger partial charge in [0.05, 0.1) is 14.2 Å². The predicted molar refractivity (Wildman–Crippen MR) is 64.7 cm³/mol. The zero-order valence-electron chi connectivity index (χ0n) is 11.4. The van der Waals surface area contributed by atoms with Crippen molar-refractivity contribution in [2.24, 2.45) is 0 Å². The molecule has 0 aromatic heterocycles. The van der Waals surface area contributed by atoms with E-state index in [2.05, 4.69) is 9.47 Å². The quantitative estimate of drug-likeness (QED) is 0.513. The van der Waals surface area contributed by atoms with E-state index in [1.54, 1.807) is 0 Å². The maximum atomic E-state index is 11.6. The third-order valence-corrected chi connectivity index (χ3v) is 2.60. The summed E-state index contributed by atoms with van der Waals surface area (Å²) in [5, 5.41) is 0. The second-order valence-corrected chi connectivity index (χ2v) is 3.52. The van der Waals surface area contributed by atoms with Gasteiger partial charge >= 0.3 is 17.8 Å². The van der Waals surface area contributed by atoms with Gasteiger partial charge in [-0.15, -0.1) is 0 Å². The first-order valence-electron chi connectivity index (χ1n) is 6.08. The van der Waals surface area contributed by atoms with Crippen molar-refractivity contribution in [1.82, 2.24) is 4.90 Å². The monoisotopic (exact) mass is 259 g/mol. The van der Waals surface area contributed by atoms with E-state index in [0.29, 0.717) is 13.0 Å². The van der Waals surface area contributed by atoms with E-state index < -0.39 is 23.9 Å². The largest absolute Gasteiger partial charge is 0.467 e. The predicted octanol–water partition coefficient (Wildman–Crippen LogP) is 0.740. The summed E-state index contributed by atoms with van der Waals surface area (Å²) < 4.78 is 8.94. The van der Waals surface area contributed by atoms with Crippen molar-refractivity contribution in [3.05, 3.63) is 0 Å². The topological polar surface area (TPSA) is 72.9 Å². The molecule has 1 saturated heterocycles. The molecular weight excluding hydrogens is 238 g/mol. The number of ether oxygens (including phenoxy) is 2. The van der Waals surface area contributed by atoms with Crippen molar-refractivity contribution in [2.45, 2.75) is 39.2 Å². The molecule has 1 amide bonds. The van der Waals surface area contributed by atoms with Crippen molar-refractivity contribution >= 4 is 17.8 Å². The van der Waals surface area contributed by atoms with Crippen LogP contribution in [0.1, 0.15) is 33.1 Å². The summed E-state index contributed by atoms with van der Waals surface area (Å²) in [4.78, 5) is 35.4. The van der Waals surface area contributed by atoms with Gasteiger partial charge in [0, 0.05) is 6.54 Å². The average Bonchev–Trinajstić information content (AvgIpc) is 2.46. The van der Waals surface area contributed by atoms with Gasteiger partial charge in [-0.05, 0) is 19.3 Å². The third-order valence-electron chi connectivity index (χ3n) is 2.60. The van der Waals surface area contributed by atoms with Crippen molar-refractivity contribution < 1.29 is 23.9 Å². The van der Waals surface area contributed by atoms with Gasteiger partial charge in [-0.1, -0.05) is 13.8 Å². The lowest BCUT2D eigenvalue weighted by Gasteiger charge is -2.32. The highest BCUT2D eigenvalue weighted by molar-refractivity contribution is 6.32. The van der Waals surface area contributed by atoms with E-state index in [-0.39, 0.29) is 0 Å². The van der Waals surface area contributed by atoms with Crippen LogP contribution in [-0.4, -0.2) is 49.6 Å². The number of carbonyl (C=O) groups excluding carboxylic acids is 3. The van der Waals surface area contributed by atoms with E-state index in [1.807, 2.05) is 13.8 Å². The van der Waals surface area contributed by atoms with Crippen LogP contribution in [0, 0.1) is 0 Å². The molecule has 0 aromatic carbocycles. The van der Waals surface area contributed by atoms with Gasteiger partial charge in [-0.2, -0.15) is 0 Å². The molecule has 1 atom stereocenters. The number of hydrogen-bond donors (Lipinski definition) is 0. The molecule has 1 rings (SSSR count). The molecule has 0 saturated carbocycles. The van der Waals surface area contributed by atoms with Crippen LogP contribution >= 0.6 is 0 Å². The maximum absolute atomic E-state index is 11.6. The lowest BCUT2D eigenvalue weighted by molar-refractivity contribution is -0.164. The first kappa shape index (κ1) is 16.4. The fourth-order valence-corrected chi connectivity index (χ4v) is 1.76. The van der Waals surface area contributed by atoms with E-state index >= 15 is 0 Å². The fourth-order valence-electron chi connectivity index (χ4n) is 1.76. The molecule has 6 nitrogen and oxygen atoms in total. The lowest BCUT2D eigenvalue weighted by atomic mass is 10.0. The Kier molecular flexibility index (Phi) is 7.74. The van der Waals surface area contributed by atoms with E-state index in [4.69, 9.17) is 0 Å². The second kappa shape index (κ2) is 8.49. The average molecular weight is 259 g/mol. The summed E-state index contributed by atoms with van der Waals surface area (Å²) in [5.41, 5.74) is 0. The molecule has 0 aliphatic carbocycles. The molecule has 0 radical (unpaired) electrons. The van der Waals surface area contributed by atoms with Gasteiger partial charge in [0.1, 0.15) is 6.04 Å². The molecule has 0 bridgehead atoms. The summed E-state index contributed by atoms with van der Waals surface area (Å²) in [5.74, 6) is -2.22. The van der Waals surface area contributed by atoms with Crippen LogP contribution < -0.4 is 0 Å². The molecule has 0 spiro atoms. The van der Waals surface area contributed by atoms with Gasteiger partial charge in [0.15, 0.2) is 0 Å². The molecule has 1 fully saturated rings. The third kappa shape index (κ3) is 4.01. The number of methoxy groups -OCH3 is 2. The Morgan fingerprint density at radius 1 is 1.06 bits per heavy atom. The van der Waals surface area contributed by atoms with Gasteiger partial charge in [0.25, 0.3) is 0 Å². The number of esters is 2. The Balaban J connectivity index is 0.00000137. The minimum atomic E-state index is -0.948. The van der Waals surface area contributed by atoms with Crippen LogP contribution in [-0.2, 0) is 23.9 Å². The zero-order chi connectivity index (χ0) is 14.1. The highest BCUT2D eigenvalue weighted by atomic mass is 16.5. The van der Waals surface area contributed by atoms with E-state index in [0.717, 1.165) is 20.0 Å². The summed E-state index contributed by atoms with van der Waals surface area (Å²) >= 11 is 0. The van der Waals surface area contributed by atoms with Crippen LogP contribution in [0.25, 0.3) is 0 Å². The zero-order valence-corrected chi connectivity index (χ0v) is 11.4. The number of likely N-dealkylation sites (tertiary alicyclic amines) is 1. The summed E-state index contributed by atoms with van der Waals surface area (Å²) in [7, 11) is 2.40. The number of nitrogens with zero attached hydrogens (tertiary/aromatic N) is 1. The Morgan fingerprint density at radius 3 is 2.17 bits per heavy atom. The summed E-state index contributed by atoms with van der Waals surface area (Å²) in [6, 6.07) is -0.662. The molecule has 6 heteroatoms. The number of carbonyl (C=O) groups is 3. The molecule has 1 aliphatic heterocycles. The molecule has 18 heavy (non-hydrogen) atoms. The fraction of sp³-hybridized carbons (Fsp3) is 0.750. The Morgan fingerprint density at radius 2 is 1.67 bits per heavy atom. The van der Waals surface area contributed by atoms with Crippen LogP contribution in [0.15, 0.2) is 0 Å². The Bertz CT molecular complexity index is 303. The minimum Gasteiger partial charge on any atom is -0.467 e. The van der Waals surface area contributed by atoms with Crippen LogP contribution in [0.4, 0.5) is 0 Å². The van der Waals surface area contributed by atoms with Gasteiger partial charge in [-0.25, -0.2) is 9.59 Å². The SMILES string of the molecule is CC.COC(=O)C(=O)N1CCCCC1C(=O)OC. The highest BCUT2D eigenvalue weighted by Gasteiger charge is 2.36. The van der Waals surface area contributed by atoms with E-state index in [9.17, 15) is 14.4 Å². The molecule has 0 N–H and O–H groups in total. The molecule has 104 valence electrons. The van der Waals surface area contributed by atoms with Crippen LogP contribution in [0.3, 0.4) is 0 Å². The molecule has 0 aromatic rings. The number of amides is 1. The number of piperidine rings is 1. The number of hydrogen-bond acceptors (Lipinski definition) is 5. The van der Waals surface area contributed by atoms with Crippen molar-refractivity contribution in [2.75, 3.05) is 20.8 Å². The summed E-state index contributed by atoms with van der Waals surface area (Å²) in [6.07, 6.45) is 2.14. The van der Waals surface area contributed by atoms with Crippen LogP contribution in [0.5, 0.6) is 0 Å². The molecule has 1 aliphatic rings. The van der Waals surface area contributed by atoms with Gasteiger partial charge in [0.2, 0.25) is 0 Å². The van der Waals surface area contributed by atoms with Crippen molar-refractivity contribution in [3.8, 4) is 0 Å². The molecule has 1 heterocycles. The standard InChI is InChI=1S/C10H15NO5.C2H6/c1-15-9(13)7-5-3-4-6-11(7)8(12)10(14)16-2;1-2/h7H,3-6H2,1-2H3;1-2H3. The van der Waals surface area contributed by atoms with Gasteiger partial charge < -0.3 is 14.4 Å².